The van der Waals surface area contributed by atoms with Gasteiger partial charge in [0.25, 0.3) is 0 Å². The van der Waals surface area contributed by atoms with Gasteiger partial charge in [-0.05, 0) is 39.0 Å². The first kappa shape index (κ1) is 12.2. The smallest absolute Gasteiger partial charge is 0.125 e. The van der Waals surface area contributed by atoms with E-state index in [1.165, 1.54) is 0 Å². The molecule has 1 atom stereocenters. The summed E-state index contributed by atoms with van der Waals surface area (Å²) in [5, 5.41) is 3.38. The SMILES string of the molecule is C=N/C(NC1CCOCC1)=C(/C)C(C)N. The van der Waals surface area contributed by atoms with Crippen LogP contribution in [0.25, 0.3) is 0 Å². The molecule has 1 fully saturated rings. The highest BCUT2D eigenvalue weighted by Gasteiger charge is 2.15. The summed E-state index contributed by atoms with van der Waals surface area (Å²) in [5.74, 6) is 0.830. The van der Waals surface area contributed by atoms with Crippen LogP contribution in [-0.2, 0) is 4.74 Å². The molecule has 0 radical (unpaired) electrons. The van der Waals surface area contributed by atoms with Crippen LogP contribution in [0, 0.1) is 0 Å². The first-order valence-electron chi connectivity index (χ1n) is 5.42. The first-order valence-corrected chi connectivity index (χ1v) is 5.42. The number of rotatable bonds is 4. The second-order valence-corrected chi connectivity index (χ2v) is 4.01. The van der Waals surface area contributed by atoms with E-state index in [1.54, 1.807) is 0 Å². The van der Waals surface area contributed by atoms with E-state index < -0.39 is 0 Å². The van der Waals surface area contributed by atoms with E-state index in [-0.39, 0.29) is 6.04 Å². The van der Waals surface area contributed by atoms with Crippen molar-refractivity contribution in [1.82, 2.24) is 5.32 Å². The van der Waals surface area contributed by atoms with Crippen molar-refractivity contribution in [3.63, 3.8) is 0 Å². The van der Waals surface area contributed by atoms with Crippen molar-refractivity contribution < 1.29 is 4.74 Å². The van der Waals surface area contributed by atoms with Gasteiger partial charge in [-0.2, -0.15) is 0 Å². The van der Waals surface area contributed by atoms with Crippen molar-refractivity contribution >= 4 is 6.72 Å². The Kier molecular flexibility index (Phi) is 4.78. The molecule has 4 nitrogen and oxygen atoms in total. The summed E-state index contributed by atoms with van der Waals surface area (Å²) in [7, 11) is 0. The van der Waals surface area contributed by atoms with Crippen molar-refractivity contribution in [3.8, 4) is 0 Å². The molecule has 4 heteroatoms. The number of ether oxygens (including phenoxy) is 1. The Hall–Kier alpha value is -0.870. The van der Waals surface area contributed by atoms with Gasteiger partial charge in [0.05, 0.1) is 0 Å². The van der Waals surface area contributed by atoms with Gasteiger partial charge in [-0.1, -0.05) is 0 Å². The number of hydrogen-bond donors (Lipinski definition) is 2. The standard InChI is InChI=1S/C11H21N3O/c1-8(9(2)12)11(13-3)14-10-4-6-15-7-5-10/h9-10,14H,3-7,12H2,1-2H3/b11-8+. The lowest BCUT2D eigenvalue weighted by molar-refractivity contribution is 0.0802. The maximum Gasteiger partial charge on any atom is 0.125 e. The molecular formula is C11H21N3O. The quantitative estimate of drug-likeness (QED) is 0.683. The Bertz CT molecular complexity index is 242. The minimum absolute atomic E-state index is 0.0119. The van der Waals surface area contributed by atoms with Crippen molar-refractivity contribution in [2.45, 2.75) is 38.8 Å². The summed E-state index contributed by atoms with van der Waals surface area (Å²) >= 11 is 0. The molecule has 1 aliphatic heterocycles. The summed E-state index contributed by atoms with van der Waals surface area (Å²) < 4.78 is 5.30. The molecule has 1 aliphatic rings. The minimum Gasteiger partial charge on any atom is -0.381 e. The maximum atomic E-state index is 5.81. The zero-order valence-electron chi connectivity index (χ0n) is 9.62. The maximum absolute atomic E-state index is 5.81. The fourth-order valence-corrected chi connectivity index (χ4v) is 1.54. The number of nitrogens with one attached hydrogen (secondary N) is 1. The lowest BCUT2D eigenvalue weighted by atomic mass is 10.1. The molecule has 1 unspecified atom stereocenters. The molecule has 0 aromatic carbocycles. The topological polar surface area (TPSA) is 59.6 Å². The molecule has 1 saturated heterocycles. The van der Waals surface area contributed by atoms with Crippen molar-refractivity contribution in [3.05, 3.63) is 11.4 Å². The van der Waals surface area contributed by atoms with Crippen LogP contribution in [0.4, 0.5) is 0 Å². The molecule has 3 N–H and O–H groups in total. The minimum atomic E-state index is 0.0119. The summed E-state index contributed by atoms with van der Waals surface area (Å²) in [6.45, 7) is 9.15. The highest BCUT2D eigenvalue weighted by Crippen LogP contribution is 2.12. The largest absolute Gasteiger partial charge is 0.381 e. The average Bonchev–Trinajstić information content (AvgIpc) is 2.26. The molecule has 0 aromatic heterocycles. The van der Waals surface area contributed by atoms with E-state index in [9.17, 15) is 0 Å². The van der Waals surface area contributed by atoms with E-state index >= 15 is 0 Å². The summed E-state index contributed by atoms with van der Waals surface area (Å²) in [4.78, 5) is 4.00. The highest BCUT2D eigenvalue weighted by atomic mass is 16.5. The number of hydrogen-bond acceptors (Lipinski definition) is 4. The lowest BCUT2D eigenvalue weighted by Gasteiger charge is -2.25. The fraction of sp³-hybridized carbons (Fsp3) is 0.727. The predicted molar refractivity (Wildman–Crippen MR) is 62.9 cm³/mol. The van der Waals surface area contributed by atoms with E-state index in [4.69, 9.17) is 10.5 Å². The van der Waals surface area contributed by atoms with Crippen LogP contribution in [-0.4, -0.2) is 32.0 Å². The van der Waals surface area contributed by atoms with E-state index in [0.717, 1.165) is 37.4 Å². The summed E-state index contributed by atoms with van der Waals surface area (Å²) in [6, 6.07) is 0.450. The highest BCUT2D eigenvalue weighted by molar-refractivity contribution is 5.31. The number of nitrogens with two attached hydrogens (primary N) is 1. The molecule has 0 amide bonds. The molecule has 1 heterocycles. The lowest BCUT2D eigenvalue weighted by Crippen LogP contribution is -2.35. The molecule has 0 bridgehead atoms. The Labute approximate surface area is 91.6 Å². The van der Waals surface area contributed by atoms with Gasteiger partial charge in [-0.25, -0.2) is 4.99 Å². The third-order valence-electron chi connectivity index (χ3n) is 2.78. The first-order chi connectivity index (χ1) is 7.15. The second-order valence-electron chi connectivity index (χ2n) is 4.01. The molecule has 0 spiro atoms. The molecular weight excluding hydrogens is 190 g/mol. The summed E-state index contributed by atoms with van der Waals surface area (Å²) in [6.07, 6.45) is 2.04. The zero-order valence-corrected chi connectivity index (χ0v) is 9.62. The number of aliphatic imine (C=N–C) groups is 1. The van der Waals surface area contributed by atoms with Crippen molar-refractivity contribution in [2.75, 3.05) is 13.2 Å². The van der Waals surface area contributed by atoms with Gasteiger partial charge in [-0.3, -0.25) is 0 Å². The zero-order chi connectivity index (χ0) is 11.3. The van der Waals surface area contributed by atoms with Crippen LogP contribution in [0.3, 0.4) is 0 Å². The van der Waals surface area contributed by atoms with Gasteiger partial charge in [0, 0.05) is 25.3 Å². The Balaban J connectivity index is 2.59. The second kappa shape index (κ2) is 5.88. The molecule has 0 aliphatic carbocycles. The summed E-state index contributed by atoms with van der Waals surface area (Å²) in [5.41, 5.74) is 6.86. The molecule has 0 saturated carbocycles. The van der Waals surface area contributed by atoms with Crippen molar-refractivity contribution in [1.29, 1.82) is 0 Å². The molecule has 86 valence electrons. The van der Waals surface area contributed by atoms with Gasteiger partial charge in [0.15, 0.2) is 0 Å². The molecule has 1 rings (SSSR count). The number of nitrogens with zero attached hydrogens (tertiary/aromatic N) is 1. The van der Waals surface area contributed by atoms with Crippen LogP contribution in [0.2, 0.25) is 0 Å². The Morgan fingerprint density at radius 1 is 1.53 bits per heavy atom. The Morgan fingerprint density at radius 3 is 2.60 bits per heavy atom. The van der Waals surface area contributed by atoms with Crippen LogP contribution in [0.5, 0.6) is 0 Å². The monoisotopic (exact) mass is 211 g/mol. The third kappa shape index (κ3) is 3.64. The Morgan fingerprint density at radius 2 is 2.13 bits per heavy atom. The van der Waals surface area contributed by atoms with Crippen LogP contribution in [0.15, 0.2) is 16.4 Å². The van der Waals surface area contributed by atoms with Crippen molar-refractivity contribution in [2.24, 2.45) is 10.7 Å². The van der Waals surface area contributed by atoms with Gasteiger partial charge in [0.2, 0.25) is 0 Å². The normalized spacial score (nSPS) is 21.8. The van der Waals surface area contributed by atoms with E-state index in [0.29, 0.717) is 6.04 Å². The fourth-order valence-electron chi connectivity index (χ4n) is 1.54. The molecule has 15 heavy (non-hydrogen) atoms. The van der Waals surface area contributed by atoms with Gasteiger partial charge < -0.3 is 15.8 Å². The van der Waals surface area contributed by atoms with Crippen LogP contribution < -0.4 is 11.1 Å². The van der Waals surface area contributed by atoms with Gasteiger partial charge in [0.1, 0.15) is 5.82 Å². The van der Waals surface area contributed by atoms with E-state index in [2.05, 4.69) is 17.0 Å². The predicted octanol–water partition coefficient (Wildman–Crippen LogP) is 1.03. The average molecular weight is 211 g/mol. The van der Waals surface area contributed by atoms with Crippen LogP contribution >= 0.6 is 0 Å². The van der Waals surface area contributed by atoms with Gasteiger partial charge >= 0.3 is 0 Å². The molecule has 0 aromatic rings. The van der Waals surface area contributed by atoms with Gasteiger partial charge in [-0.15, -0.1) is 0 Å². The third-order valence-corrected chi connectivity index (χ3v) is 2.78. The van der Waals surface area contributed by atoms with E-state index in [1.807, 2.05) is 13.8 Å². The van der Waals surface area contributed by atoms with Crippen LogP contribution in [0.1, 0.15) is 26.7 Å².